The summed E-state index contributed by atoms with van der Waals surface area (Å²) in [5.41, 5.74) is 0.979. The van der Waals surface area contributed by atoms with Gasteiger partial charge in [0, 0.05) is 31.7 Å². The van der Waals surface area contributed by atoms with Gasteiger partial charge < -0.3 is 10.1 Å². The molecule has 0 aromatic carbocycles. The van der Waals surface area contributed by atoms with E-state index in [-0.39, 0.29) is 5.91 Å². The van der Waals surface area contributed by atoms with Gasteiger partial charge in [-0.15, -0.1) is 0 Å². The first kappa shape index (κ1) is 17.1. The third-order valence-electron chi connectivity index (χ3n) is 3.40. The molecule has 2 aromatic rings. The molecule has 2 heterocycles. The standard InChI is InChI=1S/C17H24N4O2/c1-12(2)11-23-13(3)17(22)20-10-15-5-6-19-16(9-15)21-8-7-18-14(21)4/h5-9,12-13H,10-11H2,1-4H3,(H,20,22). The molecule has 0 fully saturated rings. The molecular formula is C17H24N4O2. The maximum absolute atomic E-state index is 12.0. The van der Waals surface area contributed by atoms with Gasteiger partial charge in [0.1, 0.15) is 17.7 Å². The van der Waals surface area contributed by atoms with Gasteiger partial charge in [0.25, 0.3) is 0 Å². The Morgan fingerprint density at radius 2 is 2.09 bits per heavy atom. The summed E-state index contributed by atoms with van der Waals surface area (Å²) >= 11 is 0. The van der Waals surface area contributed by atoms with Crippen molar-refractivity contribution < 1.29 is 9.53 Å². The number of pyridine rings is 1. The van der Waals surface area contributed by atoms with Gasteiger partial charge in [0.15, 0.2) is 0 Å². The molecule has 23 heavy (non-hydrogen) atoms. The van der Waals surface area contributed by atoms with Crippen molar-refractivity contribution in [2.24, 2.45) is 5.92 Å². The van der Waals surface area contributed by atoms with Crippen molar-refractivity contribution in [1.29, 1.82) is 0 Å². The van der Waals surface area contributed by atoms with Gasteiger partial charge in [-0.1, -0.05) is 13.8 Å². The molecule has 1 atom stereocenters. The molecule has 0 aliphatic rings. The second-order valence-electron chi connectivity index (χ2n) is 5.95. The maximum Gasteiger partial charge on any atom is 0.249 e. The van der Waals surface area contributed by atoms with Crippen molar-refractivity contribution in [3.8, 4) is 5.82 Å². The van der Waals surface area contributed by atoms with Crippen molar-refractivity contribution in [1.82, 2.24) is 19.9 Å². The minimum atomic E-state index is -0.449. The van der Waals surface area contributed by atoms with Gasteiger partial charge in [-0.3, -0.25) is 9.36 Å². The third-order valence-corrected chi connectivity index (χ3v) is 3.40. The number of rotatable bonds is 7. The first-order valence-electron chi connectivity index (χ1n) is 7.82. The fourth-order valence-electron chi connectivity index (χ4n) is 2.07. The van der Waals surface area contributed by atoms with E-state index in [9.17, 15) is 4.79 Å². The van der Waals surface area contributed by atoms with Crippen molar-refractivity contribution >= 4 is 5.91 Å². The summed E-state index contributed by atoms with van der Waals surface area (Å²) in [6.07, 6.45) is 4.88. The molecule has 0 saturated heterocycles. The lowest BCUT2D eigenvalue weighted by Gasteiger charge is -2.15. The normalized spacial score (nSPS) is 12.4. The summed E-state index contributed by atoms with van der Waals surface area (Å²) in [6.45, 7) is 8.82. The summed E-state index contributed by atoms with van der Waals surface area (Å²) in [6, 6.07) is 3.82. The first-order chi connectivity index (χ1) is 11.0. The summed E-state index contributed by atoms with van der Waals surface area (Å²) in [5, 5.41) is 2.89. The molecule has 2 rings (SSSR count). The Bertz CT molecular complexity index is 652. The van der Waals surface area contributed by atoms with Crippen LogP contribution in [0.3, 0.4) is 0 Å². The van der Waals surface area contributed by atoms with E-state index in [0.717, 1.165) is 17.2 Å². The summed E-state index contributed by atoms with van der Waals surface area (Å²) in [4.78, 5) is 20.6. The molecule has 6 heteroatoms. The van der Waals surface area contributed by atoms with E-state index in [0.29, 0.717) is 19.1 Å². The Morgan fingerprint density at radius 3 is 2.74 bits per heavy atom. The topological polar surface area (TPSA) is 69.0 Å². The molecule has 1 N–H and O–H groups in total. The molecule has 1 amide bonds. The minimum Gasteiger partial charge on any atom is -0.368 e. The zero-order chi connectivity index (χ0) is 16.8. The van der Waals surface area contributed by atoms with E-state index in [1.807, 2.05) is 29.8 Å². The van der Waals surface area contributed by atoms with Crippen LogP contribution in [0, 0.1) is 12.8 Å². The number of ether oxygens (including phenoxy) is 1. The van der Waals surface area contributed by atoms with Crippen molar-refractivity contribution in [2.45, 2.75) is 40.3 Å². The predicted molar refractivity (Wildman–Crippen MR) is 88.2 cm³/mol. The van der Waals surface area contributed by atoms with Gasteiger partial charge in [0.05, 0.1) is 0 Å². The Morgan fingerprint density at radius 1 is 1.30 bits per heavy atom. The lowest BCUT2D eigenvalue weighted by atomic mass is 10.2. The molecule has 0 aliphatic carbocycles. The van der Waals surface area contributed by atoms with E-state index < -0.39 is 6.10 Å². The van der Waals surface area contributed by atoms with E-state index in [2.05, 4.69) is 29.1 Å². The number of aromatic nitrogens is 3. The summed E-state index contributed by atoms with van der Waals surface area (Å²) < 4.78 is 7.42. The fourth-order valence-corrected chi connectivity index (χ4v) is 2.07. The number of carbonyl (C=O) groups is 1. The van der Waals surface area contributed by atoms with Gasteiger partial charge >= 0.3 is 0 Å². The second-order valence-corrected chi connectivity index (χ2v) is 5.95. The Hall–Kier alpha value is -2.21. The highest BCUT2D eigenvalue weighted by atomic mass is 16.5. The number of nitrogens with zero attached hydrogens (tertiary/aromatic N) is 3. The number of hydrogen-bond acceptors (Lipinski definition) is 4. The molecule has 1 unspecified atom stereocenters. The molecular weight excluding hydrogens is 292 g/mol. The Balaban J connectivity index is 1.94. The SMILES string of the molecule is Cc1nccn1-c1cc(CNC(=O)C(C)OCC(C)C)ccn1. The number of hydrogen-bond donors (Lipinski definition) is 1. The molecule has 0 bridgehead atoms. The van der Waals surface area contributed by atoms with Crippen LogP contribution in [0.25, 0.3) is 5.82 Å². The maximum atomic E-state index is 12.0. The van der Waals surface area contributed by atoms with E-state index in [1.165, 1.54) is 0 Å². The van der Waals surface area contributed by atoms with Gasteiger partial charge in [-0.2, -0.15) is 0 Å². The molecule has 0 radical (unpaired) electrons. The zero-order valence-corrected chi connectivity index (χ0v) is 14.1. The van der Waals surface area contributed by atoms with Crippen molar-refractivity contribution in [3.63, 3.8) is 0 Å². The average molecular weight is 316 g/mol. The van der Waals surface area contributed by atoms with E-state index >= 15 is 0 Å². The molecule has 124 valence electrons. The van der Waals surface area contributed by atoms with Gasteiger partial charge in [0.2, 0.25) is 5.91 Å². The Labute approximate surface area is 136 Å². The average Bonchev–Trinajstić information content (AvgIpc) is 2.96. The van der Waals surface area contributed by atoms with Crippen LogP contribution in [-0.4, -0.2) is 33.2 Å². The predicted octanol–water partition coefficient (Wildman–Crippen LogP) is 2.25. The number of aryl methyl sites for hydroxylation is 1. The second kappa shape index (κ2) is 7.87. The monoisotopic (exact) mass is 316 g/mol. The largest absolute Gasteiger partial charge is 0.368 e. The van der Waals surface area contributed by atoms with Crippen molar-refractivity contribution in [2.75, 3.05) is 6.61 Å². The lowest BCUT2D eigenvalue weighted by molar-refractivity contribution is -0.132. The molecule has 2 aromatic heterocycles. The van der Waals surface area contributed by atoms with Crippen LogP contribution in [0.2, 0.25) is 0 Å². The molecule has 0 aliphatic heterocycles. The van der Waals surface area contributed by atoms with E-state index in [4.69, 9.17) is 4.74 Å². The molecule has 0 spiro atoms. The fraction of sp³-hybridized carbons (Fsp3) is 0.471. The summed E-state index contributed by atoms with van der Waals surface area (Å²) in [7, 11) is 0. The molecule has 6 nitrogen and oxygen atoms in total. The lowest BCUT2D eigenvalue weighted by Crippen LogP contribution is -2.34. The summed E-state index contributed by atoms with van der Waals surface area (Å²) in [5.74, 6) is 1.96. The van der Waals surface area contributed by atoms with E-state index in [1.54, 1.807) is 19.3 Å². The highest BCUT2D eigenvalue weighted by Crippen LogP contribution is 2.09. The van der Waals surface area contributed by atoms with Crippen LogP contribution in [0.5, 0.6) is 0 Å². The van der Waals surface area contributed by atoms with Crippen molar-refractivity contribution in [3.05, 3.63) is 42.1 Å². The van der Waals surface area contributed by atoms with Crippen LogP contribution in [0.4, 0.5) is 0 Å². The van der Waals surface area contributed by atoms with Crippen LogP contribution < -0.4 is 5.32 Å². The number of imidazole rings is 1. The van der Waals surface area contributed by atoms with Crippen LogP contribution in [0.1, 0.15) is 32.2 Å². The highest BCUT2D eigenvalue weighted by molar-refractivity contribution is 5.80. The Kier molecular flexibility index (Phi) is 5.87. The van der Waals surface area contributed by atoms with Crippen LogP contribution in [0.15, 0.2) is 30.7 Å². The first-order valence-corrected chi connectivity index (χ1v) is 7.82. The van der Waals surface area contributed by atoms with Crippen LogP contribution >= 0.6 is 0 Å². The zero-order valence-electron chi connectivity index (χ0n) is 14.1. The molecule has 0 saturated carbocycles. The van der Waals surface area contributed by atoms with Crippen LogP contribution in [-0.2, 0) is 16.1 Å². The number of nitrogens with one attached hydrogen (secondary N) is 1. The minimum absolute atomic E-state index is 0.108. The smallest absolute Gasteiger partial charge is 0.249 e. The quantitative estimate of drug-likeness (QED) is 0.850. The van der Waals surface area contributed by atoms with Gasteiger partial charge in [-0.25, -0.2) is 9.97 Å². The number of amides is 1. The number of carbonyl (C=O) groups excluding carboxylic acids is 1. The third kappa shape index (κ3) is 4.89. The van der Waals surface area contributed by atoms with Gasteiger partial charge in [-0.05, 0) is 37.5 Å². The highest BCUT2D eigenvalue weighted by Gasteiger charge is 2.13.